The minimum atomic E-state index is -0.490. The van der Waals surface area contributed by atoms with Gasteiger partial charge in [0.1, 0.15) is 0 Å². The fourth-order valence-electron chi connectivity index (χ4n) is 3.12. The van der Waals surface area contributed by atoms with Gasteiger partial charge in [0.05, 0.1) is 29.3 Å². The second kappa shape index (κ2) is 11.8. The lowest BCUT2D eigenvalue weighted by Crippen LogP contribution is -2.25. The zero-order valence-electron chi connectivity index (χ0n) is 18.3. The van der Waals surface area contributed by atoms with Crippen LogP contribution in [0.1, 0.15) is 23.7 Å². The topological polar surface area (TPSA) is 99.5 Å². The highest BCUT2D eigenvalue weighted by atomic mass is 35.5. The van der Waals surface area contributed by atoms with Crippen molar-refractivity contribution in [3.8, 4) is 0 Å². The van der Waals surface area contributed by atoms with Crippen molar-refractivity contribution in [1.82, 2.24) is 9.55 Å². The zero-order chi connectivity index (χ0) is 23.8. The minimum Gasteiger partial charge on any atom is -0.465 e. The normalized spacial score (nSPS) is 10.9. The van der Waals surface area contributed by atoms with E-state index in [4.69, 9.17) is 21.1 Å². The molecule has 0 aliphatic carbocycles. The first-order chi connectivity index (χ1) is 15.9. The van der Waals surface area contributed by atoms with Crippen LogP contribution in [0, 0.1) is 0 Å². The SMILES string of the molecule is CCOCCCn1c(SCC(=O)Nc2cccc(C(=O)OC)c2)nc2cc(Cl)ccc2c1=O. The van der Waals surface area contributed by atoms with Crippen molar-refractivity contribution >= 4 is 51.8 Å². The van der Waals surface area contributed by atoms with Gasteiger partial charge in [-0.25, -0.2) is 9.78 Å². The molecule has 0 aliphatic rings. The number of nitrogens with zero attached hydrogens (tertiary/aromatic N) is 2. The number of hydrogen-bond donors (Lipinski definition) is 1. The number of ether oxygens (including phenoxy) is 2. The van der Waals surface area contributed by atoms with Gasteiger partial charge in [-0.15, -0.1) is 0 Å². The van der Waals surface area contributed by atoms with Crippen molar-refractivity contribution in [2.45, 2.75) is 25.0 Å². The molecule has 3 aromatic rings. The molecule has 0 radical (unpaired) electrons. The van der Waals surface area contributed by atoms with Gasteiger partial charge in [0.2, 0.25) is 5.91 Å². The van der Waals surface area contributed by atoms with E-state index in [1.807, 2.05) is 6.92 Å². The Morgan fingerprint density at radius 2 is 2.03 bits per heavy atom. The predicted molar refractivity (Wildman–Crippen MR) is 129 cm³/mol. The van der Waals surface area contributed by atoms with Crippen LogP contribution in [-0.4, -0.2) is 47.5 Å². The lowest BCUT2D eigenvalue weighted by molar-refractivity contribution is -0.113. The molecular formula is C23H24ClN3O5S. The number of amides is 1. The smallest absolute Gasteiger partial charge is 0.337 e. The van der Waals surface area contributed by atoms with E-state index in [9.17, 15) is 14.4 Å². The van der Waals surface area contributed by atoms with Gasteiger partial charge in [0, 0.05) is 30.5 Å². The van der Waals surface area contributed by atoms with Crippen molar-refractivity contribution in [2.24, 2.45) is 0 Å². The summed E-state index contributed by atoms with van der Waals surface area (Å²) in [5.41, 5.74) is 1.08. The van der Waals surface area contributed by atoms with Crippen molar-refractivity contribution < 1.29 is 19.1 Å². The molecule has 174 valence electrons. The van der Waals surface area contributed by atoms with Crippen molar-refractivity contribution in [3.05, 3.63) is 63.4 Å². The van der Waals surface area contributed by atoms with Crippen LogP contribution in [0.25, 0.3) is 10.9 Å². The first-order valence-corrected chi connectivity index (χ1v) is 11.7. The van der Waals surface area contributed by atoms with Gasteiger partial charge in [-0.2, -0.15) is 0 Å². The first-order valence-electron chi connectivity index (χ1n) is 10.3. The maximum atomic E-state index is 13.1. The molecule has 33 heavy (non-hydrogen) atoms. The monoisotopic (exact) mass is 489 g/mol. The molecule has 0 atom stereocenters. The number of thioether (sulfide) groups is 1. The molecule has 0 spiro atoms. The molecule has 0 unspecified atom stereocenters. The fraction of sp³-hybridized carbons (Fsp3) is 0.304. The van der Waals surface area contributed by atoms with Crippen molar-refractivity contribution in [2.75, 3.05) is 31.4 Å². The molecule has 2 aromatic carbocycles. The van der Waals surface area contributed by atoms with Gasteiger partial charge >= 0.3 is 5.97 Å². The van der Waals surface area contributed by atoms with E-state index in [0.29, 0.717) is 58.5 Å². The van der Waals surface area contributed by atoms with Crippen LogP contribution in [0.2, 0.25) is 5.02 Å². The van der Waals surface area contributed by atoms with Crippen molar-refractivity contribution in [1.29, 1.82) is 0 Å². The third-order valence-electron chi connectivity index (χ3n) is 4.66. The molecule has 0 aliphatic heterocycles. The first kappa shape index (κ1) is 24.8. The molecule has 3 rings (SSSR count). The number of rotatable bonds is 10. The van der Waals surface area contributed by atoms with Crippen LogP contribution in [0.3, 0.4) is 0 Å². The molecule has 0 saturated heterocycles. The highest BCUT2D eigenvalue weighted by Gasteiger charge is 2.14. The zero-order valence-corrected chi connectivity index (χ0v) is 19.9. The summed E-state index contributed by atoms with van der Waals surface area (Å²) in [6, 6.07) is 11.4. The Hall–Kier alpha value is -2.88. The van der Waals surface area contributed by atoms with E-state index in [2.05, 4.69) is 10.3 Å². The number of fused-ring (bicyclic) bond motifs is 1. The van der Waals surface area contributed by atoms with Crippen LogP contribution >= 0.6 is 23.4 Å². The van der Waals surface area contributed by atoms with Gasteiger partial charge in [-0.1, -0.05) is 29.4 Å². The number of hydrogen-bond acceptors (Lipinski definition) is 7. The van der Waals surface area contributed by atoms with Crippen LogP contribution in [0.5, 0.6) is 0 Å². The third kappa shape index (κ3) is 6.56. The van der Waals surface area contributed by atoms with Gasteiger partial charge in [-0.05, 0) is 49.7 Å². The summed E-state index contributed by atoms with van der Waals surface area (Å²) >= 11 is 7.23. The minimum absolute atomic E-state index is 0.0203. The second-order valence-corrected chi connectivity index (χ2v) is 8.35. The molecule has 1 amide bonds. The molecule has 1 aromatic heterocycles. The van der Waals surface area contributed by atoms with Crippen LogP contribution in [0.4, 0.5) is 5.69 Å². The van der Waals surface area contributed by atoms with Gasteiger partial charge in [0.25, 0.3) is 5.56 Å². The van der Waals surface area contributed by atoms with Crippen LogP contribution < -0.4 is 10.9 Å². The number of esters is 1. The van der Waals surface area contributed by atoms with Gasteiger partial charge in [-0.3, -0.25) is 14.2 Å². The highest BCUT2D eigenvalue weighted by molar-refractivity contribution is 7.99. The number of carbonyl (C=O) groups is 2. The Morgan fingerprint density at radius 3 is 2.79 bits per heavy atom. The number of methoxy groups -OCH3 is 1. The summed E-state index contributed by atoms with van der Waals surface area (Å²) in [7, 11) is 1.29. The summed E-state index contributed by atoms with van der Waals surface area (Å²) in [6.45, 7) is 3.44. The third-order valence-corrected chi connectivity index (χ3v) is 5.87. The molecule has 0 fully saturated rings. The standard InChI is InChI=1S/C23H24ClN3O5S/c1-3-32-11-5-10-27-21(29)18-9-8-16(24)13-19(18)26-23(27)33-14-20(28)25-17-7-4-6-15(12-17)22(30)31-2/h4,6-9,12-13H,3,5,10-11,14H2,1-2H3,(H,25,28). The molecule has 1 heterocycles. The van der Waals surface area contributed by atoms with Crippen molar-refractivity contribution in [3.63, 3.8) is 0 Å². The number of aromatic nitrogens is 2. The maximum absolute atomic E-state index is 13.1. The average Bonchev–Trinajstić information content (AvgIpc) is 2.81. The molecule has 0 saturated carbocycles. The van der Waals surface area contributed by atoms with E-state index in [-0.39, 0.29) is 17.2 Å². The lowest BCUT2D eigenvalue weighted by atomic mass is 10.2. The van der Waals surface area contributed by atoms with E-state index in [1.165, 1.54) is 13.2 Å². The largest absolute Gasteiger partial charge is 0.465 e. The summed E-state index contributed by atoms with van der Waals surface area (Å²) in [5.74, 6) is -0.772. The Morgan fingerprint density at radius 1 is 1.21 bits per heavy atom. The molecule has 0 bridgehead atoms. The van der Waals surface area contributed by atoms with Crippen LogP contribution in [0.15, 0.2) is 52.4 Å². The Labute approximate surface area is 200 Å². The molecular weight excluding hydrogens is 466 g/mol. The summed E-state index contributed by atoms with van der Waals surface area (Å²) in [4.78, 5) is 41.9. The highest BCUT2D eigenvalue weighted by Crippen LogP contribution is 2.21. The summed E-state index contributed by atoms with van der Waals surface area (Å²) < 4.78 is 11.6. The quantitative estimate of drug-likeness (QED) is 0.199. The average molecular weight is 490 g/mol. The fourth-order valence-corrected chi connectivity index (χ4v) is 4.11. The van der Waals surface area contributed by atoms with Gasteiger partial charge in [0.15, 0.2) is 5.16 Å². The van der Waals surface area contributed by atoms with E-state index < -0.39 is 5.97 Å². The number of halogens is 1. The Bertz CT molecular complexity index is 1210. The number of nitrogens with one attached hydrogen (secondary N) is 1. The summed E-state index contributed by atoms with van der Waals surface area (Å²) in [6.07, 6.45) is 0.634. The van der Waals surface area contributed by atoms with E-state index in [0.717, 1.165) is 11.8 Å². The Kier molecular flexibility index (Phi) is 8.87. The number of benzene rings is 2. The number of anilines is 1. The molecule has 1 N–H and O–H groups in total. The van der Waals surface area contributed by atoms with E-state index in [1.54, 1.807) is 41.0 Å². The second-order valence-electron chi connectivity index (χ2n) is 6.97. The van der Waals surface area contributed by atoms with Crippen LogP contribution in [-0.2, 0) is 20.8 Å². The molecule has 8 nitrogen and oxygen atoms in total. The van der Waals surface area contributed by atoms with Gasteiger partial charge < -0.3 is 14.8 Å². The number of carbonyl (C=O) groups excluding carboxylic acids is 2. The molecule has 10 heteroatoms. The van der Waals surface area contributed by atoms with E-state index >= 15 is 0 Å². The predicted octanol–water partition coefficient (Wildman–Crippen LogP) is 3.99. The summed E-state index contributed by atoms with van der Waals surface area (Å²) in [5, 5.41) is 4.11. The lowest BCUT2D eigenvalue weighted by Gasteiger charge is -2.13. The maximum Gasteiger partial charge on any atom is 0.337 e. The Balaban J connectivity index is 1.78.